The maximum atomic E-state index is 13.4. The monoisotopic (exact) mass is 508 g/mol. The van der Waals surface area contributed by atoms with E-state index in [9.17, 15) is 31.5 Å². The summed E-state index contributed by atoms with van der Waals surface area (Å²) in [7, 11) is -3.49. The average molecular weight is 509 g/mol. The van der Waals surface area contributed by atoms with Crippen LogP contribution in [0.5, 0.6) is 0 Å². The van der Waals surface area contributed by atoms with Crippen molar-refractivity contribution in [1.82, 2.24) is 19.9 Å². The van der Waals surface area contributed by atoms with Crippen LogP contribution in [0.15, 0.2) is 32.8 Å². The summed E-state index contributed by atoms with van der Waals surface area (Å²) in [5.74, 6) is -1.74. The van der Waals surface area contributed by atoms with Gasteiger partial charge in [-0.3, -0.25) is 4.79 Å². The van der Waals surface area contributed by atoms with E-state index >= 15 is 0 Å². The van der Waals surface area contributed by atoms with Gasteiger partial charge in [0.05, 0.1) is 30.6 Å². The van der Waals surface area contributed by atoms with Crippen molar-refractivity contribution in [3.8, 4) is 0 Å². The van der Waals surface area contributed by atoms with Gasteiger partial charge in [-0.15, -0.1) is 0 Å². The van der Waals surface area contributed by atoms with Crippen molar-refractivity contribution in [1.29, 1.82) is 0 Å². The lowest BCUT2D eigenvalue weighted by molar-refractivity contribution is -0.151. The standard InChI is InChI=1S/C17H19F3N6O5S2/c1-33(29,30)26-7-17(28,8-26)16(27)22-4-5-32-15-12(24-31-25-15)14(21)23-9-2-3-11(18)10(6-9)13(19)20/h2-3,6,13,28H,4-5,7-8H2,1H3,(H2,21,23)(H,22,27). The van der Waals surface area contributed by atoms with Crippen molar-refractivity contribution in [3.05, 3.63) is 35.3 Å². The van der Waals surface area contributed by atoms with Crippen molar-refractivity contribution < 1.29 is 36.1 Å². The lowest BCUT2D eigenvalue weighted by Crippen LogP contribution is -2.69. The van der Waals surface area contributed by atoms with E-state index < -0.39 is 39.3 Å². The summed E-state index contributed by atoms with van der Waals surface area (Å²) in [6, 6.07) is 2.87. The minimum absolute atomic E-state index is 0.0210. The summed E-state index contributed by atoms with van der Waals surface area (Å²) in [5.41, 5.74) is 3.25. The molecule has 33 heavy (non-hydrogen) atoms. The Labute approximate surface area is 190 Å². The molecule has 0 spiro atoms. The SMILES string of the molecule is CS(=O)(=O)N1CC(O)(C(=O)NCCSc2nonc2C(N)=Nc2ccc(F)c(C(F)F)c2)C1. The van der Waals surface area contributed by atoms with Crippen LogP contribution < -0.4 is 11.1 Å². The topological polar surface area (TPSA) is 164 Å². The fourth-order valence-electron chi connectivity index (χ4n) is 2.78. The second-order valence-electron chi connectivity index (χ2n) is 7.09. The number of amidine groups is 1. The molecule has 0 atom stereocenters. The highest BCUT2D eigenvalue weighted by Crippen LogP contribution is 2.27. The molecule has 0 unspecified atom stereocenters. The normalized spacial score (nSPS) is 16.6. The molecule has 2 aromatic rings. The fourth-order valence-corrected chi connectivity index (χ4v) is 4.44. The Bertz CT molecular complexity index is 1170. The lowest BCUT2D eigenvalue weighted by atomic mass is 9.96. The molecule has 0 saturated carbocycles. The molecule has 1 aliphatic heterocycles. The van der Waals surface area contributed by atoms with Gasteiger partial charge in [-0.2, -0.15) is 4.31 Å². The van der Waals surface area contributed by atoms with E-state index in [0.29, 0.717) is 0 Å². The van der Waals surface area contributed by atoms with Crippen LogP contribution in [-0.2, 0) is 14.8 Å². The molecule has 3 rings (SSSR count). The molecule has 0 radical (unpaired) electrons. The van der Waals surface area contributed by atoms with Gasteiger partial charge in [-0.05, 0) is 28.5 Å². The third kappa shape index (κ3) is 5.82. The minimum atomic E-state index is -3.49. The van der Waals surface area contributed by atoms with Gasteiger partial charge in [0.2, 0.25) is 10.0 Å². The Kier molecular flexibility index (Phi) is 7.30. The highest BCUT2D eigenvalue weighted by Gasteiger charge is 2.50. The van der Waals surface area contributed by atoms with Gasteiger partial charge < -0.3 is 16.2 Å². The van der Waals surface area contributed by atoms with Crippen LogP contribution in [0.25, 0.3) is 0 Å². The molecule has 1 fully saturated rings. The first-order valence-corrected chi connectivity index (χ1v) is 12.1. The zero-order chi connectivity index (χ0) is 24.4. The van der Waals surface area contributed by atoms with Crippen LogP contribution >= 0.6 is 11.8 Å². The Morgan fingerprint density at radius 2 is 2.12 bits per heavy atom. The second kappa shape index (κ2) is 9.66. The van der Waals surface area contributed by atoms with E-state index in [1.165, 1.54) is 6.07 Å². The molecule has 0 bridgehead atoms. The van der Waals surface area contributed by atoms with Crippen molar-refractivity contribution in [2.45, 2.75) is 17.1 Å². The number of aromatic nitrogens is 2. The molecule has 1 saturated heterocycles. The number of benzene rings is 1. The number of amides is 1. The number of hydrogen-bond donors (Lipinski definition) is 3. The molecule has 180 valence electrons. The first kappa shape index (κ1) is 24.9. The van der Waals surface area contributed by atoms with Gasteiger partial charge in [-0.25, -0.2) is 31.2 Å². The number of carbonyl (C=O) groups is 1. The number of nitrogens with zero attached hydrogens (tertiary/aromatic N) is 4. The van der Waals surface area contributed by atoms with Crippen molar-refractivity contribution in [3.63, 3.8) is 0 Å². The number of nitrogens with two attached hydrogens (primary N) is 1. The average Bonchev–Trinajstić information content (AvgIpc) is 3.17. The van der Waals surface area contributed by atoms with Gasteiger partial charge in [0.15, 0.2) is 22.2 Å². The molecular weight excluding hydrogens is 489 g/mol. The van der Waals surface area contributed by atoms with Crippen LogP contribution in [0.3, 0.4) is 0 Å². The second-order valence-corrected chi connectivity index (χ2v) is 10.2. The van der Waals surface area contributed by atoms with Gasteiger partial charge in [-0.1, -0.05) is 11.8 Å². The third-order valence-electron chi connectivity index (χ3n) is 4.56. The van der Waals surface area contributed by atoms with Crippen molar-refractivity contribution >= 4 is 39.2 Å². The smallest absolute Gasteiger partial charge is 0.266 e. The first-order valence-electron chi connectivity index (χ1n) is 9.24. The Balaban J connectivity index is 1.56. The molecule has 11 nitrogen and oxygen atoms in total. The summed E-state index contributed by atoms with van der Waals surface area (Å²) in [4.78, 5) is 16.0. The van der Waals surface area contributed by atoms with Crippen LogP contribution in [0.2, 0.25) is 0 Å². The summed E-state index contributed by atoms with van der Waals surface area (Å²) >= 11 is 1.08. The predicted molar refractivity (Wildman–Crippen MR) is 111 cm³/mol. The quantitative estimate of drug-likeness (QED) is 0.188. The lowest BCUT2D eigenvalue weighted by Gasteiger charge is -2.43. The van der Waals surface area contributed by atoms with Crippen LogP contribution in [0, 0.1) is 5.82 Å². The van der Waals surface area contributed by atoms with E-state index in [4.69, 9.17) is 5.73 Å². The molecule has 1 aliphatic rings. The molecule has 1 amide bonds. The first-order chi connectivity index (χ1) is 15.4. The molecule has 2 heterocycles. The van der Waals surface area contributed by atoms with Gasteiger partial charge in [0.1, 0.15) is 5.82 Å². The number of alkyl halides is 2. The number of halogens is 3. The van der Waals surface area contributed by atoms with E-state index in [1.807, 2.05) is 0 Å². The predicted octanol–water partition coefficient (Wildman–Crippen LogP) is 0.398. The number of aliphatic imine (C=N–C) groups is 1. The molecule has 1 aromatic carbocycles. The van der Waals surface area contributed by atoms with Gasteiger partial charge in [0, 0.05) is 12.3 Å². The summed E-state index contributed by atoms with van der Waals surface area (Å²) < 4.78 is 67.5. The maximum Gasteiger partial charge on any atom is 0.266 e. The molecule has 1 aromatic heterocycles. The number of sulfonamides is 1. The van der Waals surface area contributed by atoms with Gasteiger partial charge >= 0.3 is 0 Å². The molecule has 0 aliphatic carbocycles. The maximum absolute atomic E-state index is 13.4. The van der Waals surface area contributed by atoms with E-state index in [1.54, 1.807) is 0 Å². The summed E-state index contributed by atoms with van der Waals surface area (Å²) in [5, 5.41) is 20.1. The van der Waals surface area contributed by atoms with Crippen LogP contribution in [0.4, 0.5) is 18.9 Å². The fraction of sp³-hybridized carbons (Fsp3) is 0.412. The van der Waals surface area contributed by atoms with Crippen LogP contribution in [0.1, 0.15) is 17.7 Å². The Morgan fingerprint density at radius 3 is 2.76 bits per heavy atom. The highest BCUT2D eigenvalue weighted by atomic mass is 32.2. The largest absolute Gasteiger partial charge is 0.382 e. The number of β-amino-alcohol motifs (C(OH)–C–C–N with tert-alkyl or cyclic N) is 1. The summed E-state index contributed by atoms with van der Waals surface area (Å²) in [6.45, 7) is -0.568. The zero-order valence-electron chi connectivity index (χ0n) is 17.0. The summed E-state index contributed by atoms with van der Waals surface area (Å²) in [6.07, 6.45) is -2.04. The van der Waals surface area contributed by atoms with Crippen molar-refractivity contribution in [2.24, 2.45) is 10.7 Å². The van der Waals surface area contributed by atoms with Crippen LogP contribution in [-0.4, -0.2) is 77.1 Å². The zero-order valence-corrected chi connectivity index (χ0v) is 18.7. The Morgan fingerprint density at radius 1 is 1.42 bits per heavy atom. The van der Waals surface area contributed by atoms with Crippen molar-refractivity contribution in [2.75, 3.05) is 31.6 Å². The number of hydrogen-bond acceptors (Lipinski definition) is 9. The van der Waals surface area contributed by atoms with E-state index in [0.717, 1.165) is 34.5 Å². The van der Waals surface area contributed by atoms with E-state index in [2.05, 4.69) is 25.3 Å². The highest BCUT2D eigenvalue weighted by molar-refractivity contribution is 7.99. The molecule has 4 N–H and O–H groups in total. The number of nitrogens with one attached hydrogen (secondary N) is 1. The third-order valence-corrected chi connectivity index (χ3v) is 6.71. The molecular formula is C17H19F3N6O5S2. The number of thioether (sulfide) groups is 1. The van der Waals surface area contributed by atoms with Gasteiger partial charge in [0.25, 0.3) is 12.3 Å². The minimum Gasteiger partial charge on any atom is -0.382 e. The van der Waals surface area contributed by atoms with E-state index in [-0.39, 0.29) is 47.6 Å². The number of rotatable bonds is 9. The number of carbonyl (C=O) groups excluding carboxylic acids is 1. The molecule has 16 heteroatoms. The number of aliphatic hydroxyl groups is 1. The Hall–Kier alpha value is -2.69.